The maximum absolute atomic E-state index is 12.6. The van der Waals surface area contributed by atoms with Crippen LogP contribution in [-0.4, -0.2) is 67.4 Å². The van der Waals surface area contributed by atoms with Crippen LogP contribution in [0, 0.1) is 0 Å². The number of fused-ring (bicyclic) bond motifs is 1. The molecule has 0 spiro atoms. The molecule has 0 aliphatic carbocycles. The van der Waals surface area contributed by atoms with E-state index in [2.05, 4.69) is 15.2 Å². The van der Waals surface area contributed by atoms with Gasteiger partial charge in [-0.3, -0.25) is 9.69 Å². The maximum atomic E-state index is 12.6. The quantitative estimate of drug-likeness (QED) is 0.884. The van der Waals surface area contributed by atoms with Crippen LogP contribution in [0.1, 0.15) is 10.5 Å². The van der Waals surface area contributed by atoms with Crippen LogP contribution in [0.2, 0.25) is 5.02 Å². The van der Waals surface area contributed by atoms with E-state index >= 15 is 0 Å². The molecule has 0 radical (unpaired) electrons. The molecule has 1 amide bonds. The second-order valence-corrected chi connectivity index (χ2v) is 6.68. The van der Waals surface area contributed by atoms with Crippen LogP contribution < -0.4 is 5.32 Å². The van der Waals surface area contributed by atoms with Crippen LogP contribution in [0.25, 0.3) is 10.9 Å². The molecule has 1 aromatic carbocycles. The van der Waals surface area contributed by atoms with Gasteiger partial charge in [0.15, 0.2) is 0 Å². The van der Waals surface area contributed by atoms with Crippen LogP contribution >= 0.6 is 11.6 Å². The summed E-state index contributed by atoms with van der Waals surface area (Å²) in [6, 6.07) is 7.56. The van der Waals surface area contributed by atoms with Crippen LogP contribution in [-0.2, 0) is 9.47 Å². The topological polar surface area (TPSA) is 66.6 Å². The van der Waals surface area contributed by atoms with E-state index in [1.54, 1.807) is 6.07 Å². The summed E-state index contributed by atoms with van der Waals surface area (Å²) in [5.74, 6) is -0.115. The summed E-state index contributed by atoms with van der Waals surface area (Å²) in [7, 11) is 0. The predicted octanol–water partition coefficient (Wildman–Crippen LogP) is 1.65. The lowest BCUT2D eigenvalue weighted by Crippen LogP contribution is -2.54. The first kappa shape index (κ1) is 15.9. The van der Waals surface area contributed by atoms with E-state index in [1.807, 2.05) is 18.2 Å². The molecule has 24 heavy (non-hydrogen) atoms. The van der Waals surface area contributed by atoms with Gasteiger partial charge in [-0.1, -0.05) is 11.6 Å². The lowest BCUT2D eigenvalue weighted by atomic mass is 10.1. The first-order valence-electron chi connectivity index (χ1n) is 8.19. The number of carbonyl (C=O) groups is 1. The molecule has 128 valence electrons. The Morgan fingerprint density at radius 2 is 2.04 bits per heavy atom. The number of hydrogen-bond acceptors (Lipinski definition) is 4. The van der Waals surface area contributed by atoms with Crippen molar-refractivity contribution in [1.82, 2.24) is 15.2 Å². The summed E-state index contributed by atoms with van der Waals surface area (Å²) < 4.78 is 11.0. The smallest absolute Gasteiger partial charge is 0.268 e. The highest BCUT2D eigenvalue weighted by Crippen LogP contribution is 2.21. The number of morpholine rings is 1. The zero-order chi connectivity index (χ0) is 16.5. The fraction of sp³-hybridized carbons (Fsp3) is 0.471. The number of halogens is 1. The number of aromatic nitrogens is 1. The molecular formula is C17H20ClN3O3. The van der Waals surface area contributed by atoms with Gasteiger partial charge in [-0.15, -0.1) is 0 Å². The standard InChI is InChI=1S/C17H20ClN3O3/c18-12-1-2-13-11(7-12)8-14(19-13)17(22)20-15-9-24-10-16(15)21-3-5-23-6-4-21/h1-2,7-8,15-16,19H,3-6,9-10H2,(H,20,22)/t15-,16-/m0/s1. The average molecular weight is 350 g/mol. The van der Waals surface area contributed by atoms with E-state index in [1.165, 1.54) is 0 Å². The van der Waals surface area contributed by atoms with Gasteiger partial charge >= 0.3 is 0 Å². The first-order valence-corrected chi connectivity index (χ1v) is 8.57. The molecular weight excluding hydrogens is 330 g/mol. The van der Waals surface area contributed by atoms with Gasteiger partial charge in [-0.05, 0) is 24.3 Å². The molecule has 2 aromatic rings. The van der Waals surface area contributed by atoms with E-state index in [0.717, 1.165) is 37.2 Å². The van der Waals surface area contributed by atoms with Crippen molar-refractivity contribution in [1.29, 1.82) is 0 Å². The maximum Gasteiger partial charge on any atom is 0.268 e. The molecule has 2 saturated heterocycles. The van der Waals surface area contributed by atoms with Gasteiger partial charge in [0.2, 0.25) is 0 Å². The number of nitrogens with one attached hydrogen (secondary N) is 2. The zero-order valence-corrected chi connectivity index (χ0v) is 14.0. The Kier molecular flexibility index (Phi) is 4.45. The van der Waals surface area contributed by atoms with Gasteiger partial charge in [0.05, 0.1) is 38.5 Å². The Morgan fingerprint density at radius 3 is 2.88 bits per heavy atom. The Bertz CT molecular complexity index is 742. The van der Waals surface area contributed by atoms with Crippen molar-refractivity contribution in [2.24, 2.45) is 0 Å². The van der Waals surface area contributed by atoms with Crippen LogP contribution in [0.5, 0.6) is 0 Å². The molecule has 2 aliphatic rings. The molecule has 6 nitrogen and oxygen atoms in total. The minimum atomic E-state index is -0.115. The number of H-pyrrole nitrogens is 1. The fourth-order valence-electron chi connectivity index (χ4n) is 3.42. The second kappa shape index (κ2) is 6.72. The van der Waals surface area contributed by atoms with E-state index in [-0.39, 0.29) is 18.0 Å². The van der Waals surface area contributed by atoms with E-state index in [0.29, 0.717) is 23.9 Å². The molecule has 0 unspecified atom stereocenters. The minimum Gasteiger partial charge on any atom is -0.379 e. The molecule has 0 bridgehead atoms. The number of nitrogens with zero attached hydrogens (tertiary/aromatic N) is 1. The van der Waals surface area contributed by atoms with Crippen molar-refractivity contribution < 1.29 is 14.3 Å². The molecule has 2 fully saturated rings. The monoisotopic (exact) mass is 349 g/mol. The van der Waals surface area contributed by atoms with Gasteiger partial charge in [-0.2, -0.15) is 0 Å². The summed E-state index contributed by atoms with van der Waals surface area (Å²) >= 11 is 6.00. The number of ether oxygens (including phenoxy) is 2. The SMILES string of the molecule is O=C(N[C@H]1COC[C@@H]1N1CCOCC1)c1cc2cc(Cl)ccc2[nH]1. The summed E-state index contributed by atoms with van der Waals surface area (Å²) in [5, 5.41) is 4.70. The average Bonchev–Trinajstić information content (AvgIpc) is 3.22. The van der Waals surface area contributed by atoms with Gasteiger partial charge < -0.3 is 19.8 Å². The number of rotatable bonds is 3. The minimum absolute atomic E-state index is 0.00870. The van der Waals surface area contributed by atoms with Crippen molar-refractivity contribution in [3.8, 4) is 0 Å². The predicted molar refractivity (Wildman–Crippen MR) is 91.6 cm³/mol. The van der Waals surface area contributed by atoms with Crippen molar-refractivity contribution in [2.75, 3.05) is 39.5 Å². The summed E-state index contributed by atoms with van der Waals surface area (Å²) in [5.41, 5.74) is 1.44. The lowest BCUT2D eigenvalue weighted by molar-refractivity contribution is 0.0108. The summed E-state index contributed by atoms with van der Waals surface area (Å²) in [4.78, 5) is 18.1. The van der Waals surface area contributed by atoms with E-state index in [4.69, 9.17) is 21.1 Å². The third-order valence-electron chi connectivity index (χ3n) is 4.71. The Balaban J connectivity index is 1.47. The summed E-state index contributed by atoms with van der Waals surface area (Å²) in [6.07, 6.45) is 0. The van der Waals surface area contributed by atoms with Gasteiger partial charge in [-0.25, -0.2) is 0 Å². The van der Waals surface area contributed by atoms with Crippen molar-refractivity contribution >= 4 is 28.4 Å². The molecule has 2 atom stereocenters. The highest BCUT2D eigenvalue weighted by Gasteiger charge is 2.35. The molecule has 3 heterocycles. The van der Waals surface area contributed by atoms with Crippen LogP contribution in [0.4, 0.5) is 0 Å². The number of hydrogen-bond donors (Lipinski definition) is 2. The molecule has 1 aromatic heterocycles. The van der Waals surface area contributed by atoms with Gasteiger partial charge in [0, 0.05) is 29.0 Å². The lowest BCUT2D eigenvalue weighted by Gasteiger charge is -2.34. The normalized spacial score (nSPS) is 25.2. The van der Waals surface area contributed by atoms with Gasteiger partial charge in [0.1, 0.15) is 5.69 Å². The highest BCUT2D eigenvalue weighted by molar-refractivity contribution is 6.31. The third-order valence-corrected chi connectivity index (χ3v) is 4.94. The molecule has 0 saturated carbocycles. The molecule has 2 N–H and O–H groups in total. The Morgan fingerprint density at radius 1 is 1.21 bits per heavy atom. The van der Waals surface area contributed by atoms with Crippen LogP contribution in [0.15, 0.2) is 24.3 Å². The number of aromatic amines is 1. The number of carbonyl (C=O) groups excluding carboxylic acids is 1. The van der Waals surface area contributed by atoms with Crippen molar-refractivity contribution in [3.63, 3.8) is 0 Å². The zero-order valence-electron chi connectivity index (χ0n) is 13.3. The highest BCUT2D eigenvalue weighted by atomic mass is 35.5. The third kappa shape index (κ3) is 3.15. The van der Waals surface area contributed by atoms with Crippen molar-refractivity contribution in [3.05, 3.63) is 35.0 Å². The molecule has 4 rings (SSSR count). The van der Waals surface area contributed by atoms with E-state index < -0.39 is 0 Å². The Hall–Kier alpha value is -1.60. The fourth-order valence-corrected chi connectivity index (χ4v) is 3.60. The summed E-state index contributed by atoms with van der Waals surface area (Å²) in [6.45, 7) is 4.42. The first-order chi connectivity index (χ1) is 11.7. The largest absolute Gasteiger partial charge is 0.379 e. The van der Waals surface area contributed by atoms with Gasteiger partial charge in [0.25, 0.3) is 5.91 Å². The molecule has 7 heteroatoms. The van der Waals surface area contributed by atoms with Crippen molar-refractivity contribution in [2.45, 2.75) is 12.1 Å². The van der Waals surface area contributed by atoms with Crippen LogP contribution in [0.3, 0.4) is 0 Å². The van der Waals surface area contributed by atoms with E-state index in [9.17, 15) is 4.79 Å². The Labute approximate surface area is 145 Å². The second-order valence-electron chi connectivity index (χ2n) is 6.25. The number of amides is 1. The molecule has 2 aliphatic heterocycles. The number of benzene rings is 1.